The molecule has 0 aliphatic carbocycles. The average molecular weight is 449 g/mol. The Morgan fingerprint density at radius 3 is 2.34 bits per heavy atom. The fourth-order valence-corrected chi connectivity index (χ4v) is 3.09. The van der Waals surface area contributed by atoms with Crippen LogP contribution >= 0.6 is 0 Å². The van der Waals surface area contributed by atoms with Gasteiger partial charge in [-0.2, -0.15) is 0 Å². The van der Waals surface area contributed by atoms with Crippen molar-refractivity contribution in [2.75, 3.05) is 13.2 Å². The van der Waals surface area contributed by atoms with Gasteiger partial charge in [0.05, 0.1) is 19.3 Å². The molecule has 4 unspecified atom stereocenters. The Balaban J connectivity index is 2.12. The summed E-state index contributed by atoms with van der Waals surface area (Å²) in [6, 6.07) is 2.99. The standard InChI is InChI=1S/C20H27N5O7/c1-10(27)17(25-18(29)15(9-26)23-16(28)7-21)19(30)24-14(20(31)32)6-11-8-22-13-5-3-2-4-12(11)13/h2-5,8,10,14-15,17,22,26-27H,6-7,9,21H2,1H3,(H,23,28)(H,24,30)(H,25,29)(H,31,32). The van der Waals surface area contributed by atoms with Gasteiger partial charge in [0.1, 0.15) is 18.1 Å². The lowest BCUT2D eigenvalue weighted by Crippen LogP contribution is -2.60. The first-order valence-electron chi connectivity index (χ1n) is 9.84. The SMILES string of the molecule is CC(O)C(NC(=O)C(CO)NC(=O)CN)C(=O)NC(Cc1c[nH]c2ccccc12)C(=O)O. The van der Waals surface area contributed by atoms with E-state index in [2.05, 4.69) is 20.9 Å². The van der Waals surface area contributed by atoms with E-state index in [0.29, 0.717) is 5.56 Å². The van der Waals surface area contributed by atoms with Crippen molar-refractivity contribution in [3.8, 4) is 0 Å². The summed E-state index contributed by atoms with van der Waals surface area (Å²) in [6.07, 6.45) is 0.204. The number of hydrogen-bond donors (Lipinski definition) is 8. The molecule has 12 nitrogen and oxygen atoms in total. The maximum absolute atomic E-state index is 12.7. The van der Waals surface area contributed by atoms with E-state index >= 15 is 0 Å². The van der Waals surface area contributed by atoms with Crippen LogP contribution in [0.3, 0.4) is 0 Å². The van der Waals surface area contributed by atoms with Gasteiger partial charge in [0.25, 0.3) is 0 Å². The lowest BCUT2D eigenvalue weighted by molar-refractivity contribution is -0.143. The van der Waals surface area contributed by atoms with E-state index in [1.807, 2.05) is 18.2 Å². The molecule has 1 aromatic heterocycles. The number of carboxylic acid groups (broad SMARTS) is 1. The number of hydrogen-bond acceptors (Lipinski definition) is 7. The first-order chi connectivity index (χ1) is 15.2. The second kappa shape index (κ2) is 11.2. The quantitative estimate of drug-likeness (QED) is 0.185. The van der Waals surface area contributed by atoms with Gasteiger partial charge in [-0.3, -0.25) is 14.4 Å². The topological polar surface area (TPSA) is 207 Å². The van der Waals surface area contributed by atoms with Crippen LogP contribution in [0.1, 0.15) is 12.5 Å². The van der Waals surface area contributed by atoms with E-state index in [1.54, 1.807) is 12.3 Å². The molecule has 12 heteroatoms. The molecule has 174 valence electrons. The van der Waals surface area contributed by atoms with Gasteiger partial charge in [-0.15, -0.1) is 0 Å². The highest BCUT2D eigenvalue weighted by molar-refractivity contribution is 5.94. The monoisotopic (exact) mass is 449 g/mol. The number of amides is 3. The number of carbonyl (C=O) groups excluding carboxylic acids is 3. The Bertz CT molecular complexity index is 974. The molecule has 3 amide bonds. The Kier molecular flexibility index (Phi) is 8.70. The molecule has 0 aliphatic rings. The van der Waals surface area contributed by atoms with Gasteiger partial charge in [-0.05, 0) is 18.6 Å². The summed E-state index contributed by atoms with van der Waals surface area (Å²) in [5, 5.41) is 36.4. The third-order valence-electron chi connectivity index (χ3n) is 4.80. The van der Waals surface area contributed by atoms with Crippen LogP contribution in [-0.4, -0.2) is 81.4 Å². The predicted molar refractivity (Wildman–Crippen MR) is 113 cm³/mol. The van der Waals surface area contributed by atoms with Crippen LogP contribution in [0.15, 0.2) is 30.5 Å². The lowest BCUT2D eigenvalue weighted by atomic mass is 10.0. The molecule has 0 fully saturated rings. The molecule has 9 N–H and O–H groups in total. The number of aromatic nitrogens is 1. The van der Waals surface area contributed by atoms with Crippen LogP contribution in [0, 0.1) is 0 Å². The van der Waals surface area contributed by atoms with Crippen LogP contribution in [0.4, 0.5) is 0 Å². The number of para-hydroxylation sites is 1. The third-order valence-corrected chi connectivity index (χ3v) is 4.80. The van der Waals surface area contributed by atoms with Gasteiger partial charge in [0.15, 0.2) is 0 Å². The molecule has 0 spiro atoms. The number of nitrogens with one attached hydrogen (secondary N) is 4. The summed E-state index contributed by atoms with van der Waals surface area (Å²) in [5.41, 5.74) is 6.63. The number of aliphatic carboxylic acids is 1. The largest absolute Gasteiger partial charge is 0.480 e. The van der Waals surface area contributed by atoms with E-state index in [4.69, 9.17) is 5.73 Å². The van der Waals surface area contributed by atoms with Crippen molar-refractivity contribution in [2.24, 2.45) is 5.73 Å². The van der Waals surface area contributed by atoms with Gasteiger partial charge < -0.3 is 42.0 Å². The highest BCUT2D eigenvalue weighted by atomic mass is 16.4. The zero-order valence-corrected chi connectivity index (χ0v) is 17.4. The van der Waals surface area contributed by atoms with Gasteiger partial charge in [-0.25, -0.2) is 4.79 Å². The summed E-state index contributed by atoms with van der Waals surface area (Å²) in [4.78, 5) is 51.2. The van der Waals surface area contributed by atoms with Gasteiger partial charge >= 0.3 is 5.97 Å². The maximum Gasteiger partial charge on any atom is 0.326 e. The van der Waals surface area contributed by atoms with Gasteiger partial charge in [-0.1, -0.05) is 18.2 Å². The highest BCUT2D eigenvalue weighted by Crippen LogP contribution is 2.19. The molecular formula is C20H27N5O7. The Morgan fingerprint density at radius 2 is 1.75 bits per heavy atom. The van der Waals surface area contributed by atoms with E-state index in [9.17, 15) is 34.5 Å². The average Bonchev–Trinajstić information content (AvgIpc) is 3.17. The van der Waals surface area contributed by atoms with E-state index < -0.39 is 61.1 Å². The van der Waals surface area contributed by atoms with Crippen molar-refractivity contribution in [1.82, 2.24) is 20.9 Å². The van der Waals surface area contributed by atoms with E-state index in [0.717, 1.165) is 10.9 Å². The van der Waals surface area contributed by atoms with Crippen molar-refractivity contribution in [3.05, 3.63) is 36.0 Å². The molecule has 0 aliphatic heterocycles. The molecule has 0 saturated heterocycles. The fraction of sp³-hybridized carbons (Fsp3) is 0.400. The third kappa shape index (κ3) is 6.26. The van der Waals surface area contributed by atoms with E-state index in [-0.39, 0.29) is 6.42 Å². The zero-order valence-electron chi connectivity index (χ0n) is 17.4. The molecule has 2 aromatic rings. The molecular weight excluding hydrogens is 422 g/mol. The first-order valence-corrected chi connectivity index (χ1v) is 9.84. The molecule has 2 rings (SSSR count). The summed E-state index contributed by atoms with van der Waals surface area (Å²) in [7, 11) is 0. The number of fused-ring (bicyclic) bond motifs is 1. The minimum Gasteiger partial charge on any atom is -0.480 e. The molecule has 1 aromatic carbocycles. The first kappa shape index (κ1) is 24.8. The van der Waals surface area contributed by atoms with Crippen molar-refractivity contribution in [2.45, 2.75) is 37.6 Å². The molecule has 4 atom stereocenters. The molecule has 1 heterocycles. The number of rotatable bonds is 11. The Labute approximate surface area is 183 Å². The van der Waals surface area contributed by atoms with Crippen molar-refractivity contribution in [1.29, 1.82) is 0 Å². The van der Waals surface area contributed by atoms with Crippen LogP contribution in [-0.2, 0) is 25.6 Å². The Hall–Kier alpha value is -3.48. The molecule has 0 bridgehead atoms. The zero-order chi connectivity index (χ0) is 23.8. The number of nitrogens with two attached hydrogens (primary N) is 1. The van der Waals surface area contributed by atoms with E-state index in [1.165, 1.54) is 6.92 Å². The number of benzene rings is 1. The number of aliphatic hydroxyl groups excluding tert-OH is 2. The summed E-state index contributed by atoms with van der Waals surface area (Å²) < 4.78 is 0. The Morgan fingerprint density at radius 1 is 1.06 bits per heavy atom. The van der Waals surface area contributed by atoms with Crippen molar-refractivity contribution in [3.63, 3.8) is 0 Å². The smallest absolute Gasteiger partial charge is 0.326 e. The second-order valence-corrected chi connectivity index (χ2v) is 7.20. The number of aromatic amines is 1. The fourth-order valence-electron chi connectivity index (χ4n) is 3.09. The summed E-state index contributed by atoms with van der Waals surface area (Å²) >= 11 is 0. The summed E-state index contributed by atoms with van der Waals surface area (Å²) in [6.45, 7) is 0.0364. The predicted octanol–water partition coefficient (Wildman–Crippen LogP) is -2.42. The minimum absolute atomic E-state index is 0.0443. The number of carbonyl (C=O) groups is 4. The molecule has 0 saturated carbocycles. The van der Waals surface area contributed by atoms with Gasteiger partial charge in [0, 0.05) is 23.5 Å². The van der Waals surface area contributed by atoms with Crippen LogP contribution < -0.4 is 21.7 Å². The molecule has 32 heavy (non-hydrogen) atoms. The minimum atomic E-state index is -1.53. The normalized spacial score (nSPS) is 14.8. The van der Waals surface area contributed by atoms with Crippen molar-refractivity contribution >= 4 is 34.6 Å². The van der Waals surface area contributed by atoms with Crippen LogP contribution in [0.25, 0.3) is 10.9 Å². The van der Waals surface area contributed by atoms with Gasteiger partial charge in [0.2, 0.25) is 17.7 Å². The highest BCUT2D eigenvalue weighted by Gasteiger charge is 2.32. The number of aliphatic hydroxyl groups is 2. The number of carboxylic acids is 1. The second-order valence-electron chi connectivity index (χ2n) is 7.20. The lowest BCUT2D eigenvalue weighted by Gasteiger charge is -2.25. The van der Waals surface area contributed by atoms with Crippen LogP contribution in [0.2, 0.25) is 0 Å². The van der Waals surface area contributed by atoms with Crippen molar-refractivity contribution < 1.29 is 34.5 Å². The maximum atomic E-state index is 12.7. The van der Waals surface area contributed by atoms with Crippen LogP contribution in [0.5, 0.6) is 0 Å². The number of H-pyrrole nitrogens is 1. The summed E-state index contributed by atoms with van der Waals surface area (Å²) in [5.74, 6) is -3.90. The molecule has 0 radical (unpaired) electrons.